The molecule has 1 saturated carbocycles. The highest BCUT2D eigenvalue weighted by Crippen LogP contribution is 2.49. The number of carbonyl (C=O) groups excluding carboxylic acids is 1. The van der Waals surface area contributed by atoms with Crippen LogP contribution < -0.4 is 5.32 Å². The van der Waals surface area contributed by atoms with E-state index >= 15 is 0 Å². The lowest BCUT2D eigenvalue weighted by Gasteiger charge is -2.05. The lowest BCUT2D eigenvalue weighted by molar-refractivity contribution is -0.137. The first-order chi connectivity index (χ1) is 9.50. The molecule has 2 atom stereocenters. The molecule has 108 valence electrons. The Kier molecular flexibility index (Phi) is 4.32. The van der Waals surface area contributed by atoms with Crippen molar-refractivity contribution < 1.29 is 23.5 Å². The standard InChI is InChI=1S/C14H15F2NO3/c15-10-3-1-4-11(16)13(10)8-7-9(8)14(20)17-6-2-5-12(18)19/h1,3-4,8-9H,2,5-7H2,(H,17,20)(H,18,19)/t8-,9-/m1/s1. The van der Waals surface area contributed by atoms with Gasteiger partial charge in [0.05, 0.1) is 0 Å². The van der Waals surface area contributed by atoms with Crippen LogP contribution in [-0.4, -0.2) is 23.5 Å². The third kappa shape index (κ3) is 3.31. The van der Waals surface area contributed by atoms with E-state index in [1.165, 1.54) is 18.2 Å². The lowest BCUT2D eigenvalue weighted by atomic mass is 10.1. The third-order valence-corrected chi connectivity index (χ3v) is 3.36. The molecule has 0 aliphatic heterocycles. The van der Waals surface area contributed by atoms with E-state index in [1.54, 1.807) is 0 Å². The number of hydrogen-bond donors (Lipinski definition) is 2. The number of hydrogen-bond acceptors (Lipinski definition) is 2. The fourth-order valence-corrected chi connectivity index (χ4v) is 2.25. The molecule has 6 heteroatoms. The Balaban J connectivity index is 1.85. The van der Waals surface area contributed by atoms with Gasteiger partial charge in [0.25, 0.3) is 0 Å². The molecule has 1 aromatic rings. The number of halogens is 2. The van der Waals surface area contributed by atoms with Gasteiger partial charge in [0.15, 0.2) is 0 Å². The third-order valence-electron chi connectivity index (χ3n) is 3.36. The molecular weight excluding hydrogens is 268 g/mol. The van der Waals surface area contributed by atoms with Gasteiger partial charge in [-0.25, -0.2) is 8.78 Å². The fourth-order valence-electron chi connectivity index (χ4n) is 2.25. The van der Waals surface area contributed by atoms with Gasteiger partial charge >= 0.3 is 5.97 Å². The average Bonchev–Trinajstić information content (AvgIpc) is 3.14. The molecule has 0 saturated heterocycles. The van der Waals surface area contributed by atoms with Gasteiger partial charge in [0, 0.05) is 30.4 Å². The van der Waals surface area contributed by atoms with E-state index in [9.17, 15) is 18.4 Å². The van der Waals surface area contributed by atoms with E-state index < -0.39 is 29.4 Å². The van der Waals surface area contributed by atoms with Crippen LogP contribution in [0.25, 0.3) is 0 Å². The van der Waals surface area contributed by atoms with Gasteiger partial charge in [-0.2, -0.15) is 0 Å². The first-order valence-corrected chi connectivity index (χ1v) is 6.44. The molecule has 0 heterocycles. The van der Waals surface area contributed by atoms with Gasteiger partial charge < -0.3 is 10.4 Å². The Labute approximate surface area is 114 Å². The van der Waals surface area contributed by atoms with Crippen molar-refractivity contribution in [2.45, 2.75) is 25.2 Å². The Morgan fingerprint density at radius 2 is 1.95 bits per heavy atom. The van der Waals surface area contributed by atoms with Crippen LogP contribution >= 0.6 is 0 Å². The van der Waals surface area contributed by atoms with Crippen molar-refractivity contribution in [1.82, 2.24) is 5.32 Å². The molecule has 0 radical (unpaired) electrons. The summed E-state index contributed by atoms with van der Waals surface area (Å²) >= 11 is 0. The van der Waals surface area contributed by atoms with Crippen molar-refractivity contribution in [3.8, 4) is 0 Å². The minimum absolute atomic E-state index is 0.0175. The summed E-state index contributed by atoms with van der Waals surface area (Å²) in [6.07, 6.45) is 0.742. The SMILES string of the molecule is O=C(O)CCCNC(=O)[C@@H]1C[C@H]1c1c(F)cccc1F. The minimum atomic E-state index is -0.919. The molecular formula is C14H15F2NO3. The zero-order chi connectivity index (χ0) is 14.7. The van der Waals surface area contributed by atoms with Crippen LogP contribution in [0.4, 0.5) is 8.78 Å². The molecule has 2 rings (SSSR count). The summed E-state index contributed by atoms with van der Waals surface area (Å²) in [4.78, 5) is 22.1. The van der Waals surface area contributed by atoms with Gasteiger partial charge in [0.1, 0.15) is 11.6 Å². The van der Waals surface area contributed by atoms with Crippen LogP contribution in [-0.2, 0) is 9.59 Å². The van der Waals surface area contributed by atoms with Gasteiger partial charge in [0.2, 0.25) is 5.91 Å². The Morgan fingerprint density at radius 3 is 2.55 bits per heavy atom. The first kappa shape index (κ1) is 14.4. The van der Waals surface area contributed by atoms with Gasteiger partial charge in [-0.1, -0.05) is 6.07 Å². The number of nitrogens with one attached hydrogen (secondary N) is 1. The first-order valence-electron chi connectivity index (χ1n) is 6.44. The molecule has 0 unspecified atom stereocenters. The molecule has 0 spiro atoms. The Hall–Kier alpha value is -1.98. The van der Waals surface area contributed by atoms with Crippen molar-refractivity contribution >= 4 is 11.9 Å². The van der Waals surface area contributed by atoms with Crippen LogP contribution in [0.3, 0.4) is 0 Å². The van der Waals surface area contributed by atoms with Crippen LogP contribution in [0.15, 0.2) is 18.2 Å². The van der Waals surface area contributed by atoms with E-state index in [0.29, 0.717) is 12.8 Å². The molecule has 1 amide bonds. The summed E-state index contributed by atoms with van der Waals surface area (Å²) in [7, 11) is 0. The summed E-state index contributed by atoms with van der Waals surface area (Å²) in [5.74, 6) is -3.30. The fraction of sp³-hybridized carbons (Fsp3) is 0.429. The number of aliphatic carboxylic acids is 1. The molecule has 20 heavy (non-hydrogen) atoms. The quantitative estimate of drug-likeness (QED) is 0.785. The van der Waals surface area contributed by atoms with Crippen molar-refractivity contribution in [2.24, 2.45) is 5.92 Å². The van der Waals surface area contributed by atoms with Gasteiger partial charge in [-0.15, -0.1) is 0 Å². The maximum absolute atomic E-state index is 13.5. The molecule has 0 aromatic heterocycles. The highest BCUT2D eigenvalue weighted by atomic mass is 19.1. The van der Waals surface area contributed by atoms with E-state index in [4.69, 9.17) is 5.11 Å². The summed E-state index contributed by atoms with van der Waals surface area (Å²) in [5, 5.41) is 11.0. The summed E-state index contributed by atoms with van der Waals surface area (Å²) in [6, 6.07) is 3.65. The van der Waals surface area contributed by atoms with Gasteiger partial charge in [-0.05, 0) is 25.0 Å². The second-order valence-electron chi connectivity index (χ2n) is 4.87. The second-order valence-corrected chi connectivity index (χ2v) is 4.87. The molecule has 4 nitrogen and oxygen atoms in total. The average molecular weight is 283 g/mol. The maximum atomic E-state index is 13.5. The normalized spacial score (nSPS) is 20.5. The number of carboxylic acid groups (broad SMARTS) is 1. The van der Waals surface area contributed by atoms with Crippen molar-refractivity contribution in [1.29, 1.82) is 0 Å². The van der Waals surface area contributed by atoms with Crippen molar-refractivity contribution in [3.05, 3.63) is 35.4 Å². The zero-order valence-corrected chi connectivity index (χ0v) is 10.7. The van der Waals surface area contributed by atoms with Crippen molar-refractivity contribution in [2.75, 3.05) is 6.54 Å². The predicted molar refractivity (Wildman–Crippen MR) is 67.1 cm³/mol. The number of carbonyl (C=O) groups is 2. The van der Waals surface area contributed by atoms with Crippen molar-refractivity contribution in [3.63, 3.8) is 0 Å². The van der Waals surface area contributed by atoms with Crippen LogP contribution in [0.1, 0.15) is 30.7 Å². The number of benzene rings is 1. The molecule has 1 aromatic carbocycles. The maximum Gasteiger partial charge on any atom is 0.303 e. The monoisotopic (exact) mass is 283 g/mol. The predicted octanol–water partition coefficient (Wildman–Crippen LogP) is 2.05. The second kappa shape index (κ2) is 5.98. The van der Waals surface area contributed by atoms with E-state index in [0.717, 1.165) is 0 Å². The van der Waals surface area contributed by atoms with Crippen LogP contribution in [0.5, 0.6) is 0 Å². The smallest absolute Gasteiger partial charge is 0.303 e. The van der Waals surface area contributed by atoms with Crippen LogP contribution in [0, 0.1) is 17.6 Å². The summed E-state index contributed by atoms with van der Waals surface area (Å²) in [5.41, 5.74) is -0.0295. The van der Waals surface area contributed by atoms with E-state index in [2.05, 4.69) is 5.32 Å². The van der Waals surface area contributed by atoms with Gasteiger partial charge in [-0.3, -0.25) is 9.59 Å². The topological polar surface area (TPSA) is 66.4 Å². The van der Waals surface area contributed by atoms with E-state index in [-0.39, 0.29) is 24.4 Å². The Bertz CT molecular complexity index is 513. The molecule has 1 aliphatic carbocycles. The molecule has 2 N–H and O–H groups in total. The lowest BCUT2D eigenvalue weighted by Crippen LogP contribution is -2.26. The highest BCUT2D eigenvalue weighted by Gasteiger charge is 2.46. The molecule has 0 bridgehead atoms. The minimum Gasteiger partial charge on any atom is -0.481 e. The highest BCUT2D eigenvalue weighted by molar-refractivity contribution is 5.83. The number of amides is 1. The number of rotatable bonds is 6. The molecule has 1 aliphatic rings. The van der Waals surface area contributed by atoms with Crippen LogP contribution in [0.2, 0.25) is 0 Å². The summed E-state index contributed by atoms with van der Waals surface area (Å²) < 4.78 is 27.1. The van der Waals surface area contributed by atoms with E-state index in [1.807, 2.05) is 0 Å². The zero-order valence-electron chi connectivity index (χ0n) is 10.7. The molecule has 1 fully saturated rings. The number of carboxylic acids is 1. The largest absolute Gasteiger partial charge is 0.481 e. The summed E-state index contributed by atoms with van der Waals surface area (Å²) in [6.45, 7) is 0.258. The Morgan fingerprint density at radius 1 is 1.30 bits per heavy atom.